The van der Waals surface area contributed by atoms with E-state index in [2.05, 4.69) is 20.3 Å². The molecule has 2 aromatic rings. The monoisotopic (exact) mass is 785 g/mol. The van der Waals surface area contributed by atoms with Gasteiger partial charge in [-0.15, -0.1) is 0 Å². The summed E-state index contributed by atoms with van der Waals surface area (Å²) in [5, 5.41) is 15.4. The van der Waals surface area contributed by atoms with E-state index in [1.54, 1.807) is 6.07 Å². The van der Waals surface area contributed by atoms with Crippen LogP contribution in [0.3, 0.4) is 0 Å². The highest BCUT2D eigenvalue weighted by atomic mass is 32.2. The SMILES string of the molecule is CC[C@@H]1C[C@H](C)CC/C=C\[C@@H]2C[C@@]2(C(=O)NS(=O)(=O)C2CC2)NC(=O)[C@@H]2C[C@@H](Oc3nc4c(c5cc(OC)c(F)cc35)CCCO4)CN2C(=O)[C@H]1NC(=O)O. The molecule has 2 saturated carbocycles. The maximum Gasteiger partial charge on any atom is 0.405 e. The van der Waals surface area contributed by atoms with Crippen LogP contribution in [0.5, 0.6) is 17.5 Å². The number of sulfonamides is 1. The van der Waals surface area contributed by atoms with Crippen LogP contribution >= 0.6 is 0 Å². The van der Waals surface area contributed by atoms with Crippen molar-refractivity contribution in [1.82, 2.24) is 25.2 Å². The Morgan fingerprint density at radius 2 is 1.96 bits per heavy atom. The minimum Gasteiger partial charge on any atom is -0.494 e. The van der Waals surface area contributed by atoms with Gasteiger partial charge >= 0.3 is 6.09 Å². The Kier molecular flexibility index (Phi) is 10.6. The summed E-state index contributed by atoms with van der Waals surface area (Å²) in [6.07, 6.45) is 6.11. The largest absolute Gasteiger partial charge is 0.494 e. The smallest absolute Gasteiger partial charge is 0.405 e. The number of methoxy groups -OCH3 is 1. The number of aromatic nitrogens is 1. The van der Waals surface area contributed by atoms with Crippen LogP contribution in [0.4, 0.5) is 9.18 Å². The predicted octanol–water partition coefficient (Wildman–Crippen LogP) is 3.58. The molecule has 4 N–H and O–H groups in total. The van der Waals surface area contributed by atoms with Gasteiger partial charge in [0.05, 0.1) is 25.5 Å². The van der Waals surface area contributed by atoms with Crippen molar-refractivity contribution in [3.8, 4) is 17.5 Å². The van der Waals surface area contributed by atoms with Crippen LogP contribution in [0.2, 0.25) is 0 Å². The summed E-state index contributed by atoms with van der Waals surface area (Å²) in [7, 11) is -2.58. The number of carboxylic acid groups (broad SMARTS) is 1. The average molecular weight is 786 g/mol. The highest BCUT2D eigenvalue weighted by Gasteiger charge is 2.62. The lowest BCUT2D eigenvalue weighted by atomic mass is 9.85. The van der Waals surface area contributed by atoms with Crippen molar-refractivity contribution < 1.29 is 51.3 Å². The highest BCUT2D eigenvalue weighted by molar-refractivity contribution is 7.91. The first-order chi connectivity index (χ1) is 26.2. The van der Waals surface area contributed by atoms with Gasteiger partial charge in [0.15, 0.2) is 11.6 Å². The zero-order valence-electron chi connectivity index (χ0n) is 31.1. The molecule has 7 atom stereocenters. The Labute approximate surface area is 318 Å². The van der Waals surface area contributed by atoms with E-state index in [0.29, 0.717) is 61.8 Å². The van der Waals surface area contributed by atoms with Crippen molar-refractivity contribution in [3.63, 3.8) is 0 Å². The molecule has 1 aromatic heterocycles. The third-order valence-electron chi connectivity index (χ3n) is 11.7. The maximum absolute atomic E-state index is 15.2. The van der Waals surface area contributed by atoms with Crippen molar-refractivity contribution in [3.05, 3.63) is 35.7 Å². The molecule has 4 heterocycles. The molecule has 0 spiro atoms. The zero-order valence-corrected chi connectivity index (χ0v) is 32.0. The lowest BCUT2D eigenvalue weighted by Crippen LogP contribution is -2.59. The number of ether oxygens (including phenoxy) is 3. The molecule has 7 rings (SSSR count). The molecule has 3 fully saturated rings. The number of fused-ring (bicyclic) bond motifs is 5. The third-order valence-corrected chi connectivity index (χ3v) is 13.5. The summed E-state index contributed by atoms with van der Waals surface area (Å²) < 4.78 is 60.6. The third kappa shape index (κ3) is 7.76. The first kappa shape index (κ1) is 38.6. The van der Waals surface area contributed by atoms with E-state index in [-0.39, 0.29) is 36.9 Å². The number of pyridine rings is 1. The minimum atomic E-state index is -3.94. The summed E-state index contributed by atoms with van der Waals surface area (Å²) in [5.74, 6) is -3.29. The van der Waals surface area contributed by atoms with E-state index in [0.717, 1.165) is 18.4 Å². The van der Waals surface area contributed by atoms with Gasteiger partial charge in [0, 0.05) is 23.3 Å². The van der Waals surface area contributed by atoms with E-state index in [4.69, 9.17) is 14.2 Å². The van der Waals surface area contributed by atoms with Crippen LogP contribution in [0.1, 0.15) is 77.2 Å². The van der Waals surface area contributed by atoms with Gasteiger partial charge in [-0.2, -0.15) is 4.98 Å². The van der Waals surface area contributed by atoms with Crippen LogP contribution in [0, 0.1) is 23.6 Å². The molecule has 0 bridgehead atoms. The molecular weight excluding hydrogens is 738 g/mol. The molecule has 1 aromatic carbocycles. The number of allylic oxidation sites excluding steroid dienone is 1. The fraction of sp³-hybridized carbons (Fsp3) is 0.605. The molecule has 298 valence electrons. The quantitative estimate of drug-likeness (QED) is 0.285. The molecule has 3 aliphatic heterocycles. The van der Waals surface area contributed by atoms with Gasteiger partial charge in [0.1, 0.15) is 23.7 Å². The Morgan fingerprint density at radius 1 is 1.18 bits per heavy atom. The number of hydrogen-bond donors (Lipinski definition) is 4. The van der Waals surface area contributed by atoms with E-state index in [9.17, 15) is 32.7 Å². The number of halogens is 1. The van der Waals surface area contributed by atoms with Crippen LogP contribution in [-0.4, -0.2) is 96.5 Å². The number of aryl methyl sites for hydroxylation is 1. The van der Waals surface area contributed by atoms with E-state index in [1.807, 2.05) is 26.0 Å². The van der Waals surface area contributed by atoms with Crippen LogP contribution in [-0.2, 0) is 30.8 Å². The Morgan fingerprint density at radius 3 is 2.67 bits per heavy atom. The maximum atomic E-state index is 15.2. The van der Waals surface area contributed by atoms with Crippen molar-refractivity contribution in [2.24, 2.45) is 17.8 Å². The van der Waals surface area contributed by atoms with E-state index < -0.39 is 80.5 Å². The number of carbonyl (C=O) groups is 4. The fourth-order valence-corrected chi connectivity index (χ4v) is 9.71. The second-order valence-electron chi connectivity index (χ2n) is 15.6. The molecule has 2 aliphatic carbocycles. The first-order valence-corrected chi connectivity index (χ1v) is 20.6. The van der Waals surface area contributed by atoms with Gasteiger partial charge < -0.3 is 34.9 Å². The van der Waals surface area contributed by atoms with Crippen LogP contribution in [0.15, 0.2) is 24.3 Å². The molecule has 17 heteroatoms. The van der Waals surface area contributed by atoms with Gasteiger partial charge in [0.25, 0.3) is 5.91 Å². The summed E-state index contributed by atoms with van der Waals surface area (Å²) >= 11 is 0. The topological polar surface area (TPSA) is 203 Å². The van der Waals surface area contributed by atoms with E-state index in [1.165, 1.54) is 18.1 Å². The second-order valence-corrected chi connectivity index (χ2v) is 17.5. The average Bonchev–Trinajstić information content (AvgIpc) is 4.07. The summed E-state index contributed by atoms with van der Waals surface area (Å²) in [5.41, 5.74) is -0.813. The normalized spacial score (nSPS) is 30.3. The van der Waals surface area contributed by atoms with Gasteiger partial charge in [-0.1, -0.05) is 32.4 Å². The number of rotatable bonds is 8. The minimum absolute atomic E-state index is 0.0202. The van der Waals surface area contributed by atoms with Gasteiger partial charge in [0.2, 0.25) is 33.6 Å². The van der Waals surface area contributed by atoms with Crippen molar-refractivity contribution in [1.29, 1.82) is 0 Å². The van der Waals surface area contributed by atoms with Crippen LogP contribution in [0.25, 0.3) is 10.8 Å². The standard InChI is InChI=1S/C38H48FN5O10S/c1-4-21-14-20(2)8-5-6-9-22-18-38(22,36(47)43-55(50,51)24-11-12-24)42-32(45)29-15-23(19-44(29)35(46)31(21)40-37(48)49)54-34-27-16-28(39)30(52-3)17-26(27)25-10-7-13-53-33(25)41-34/h6,9,16-17,20-24,29,31,40H,4-5,7-8,10-15,18-19H2,1-3H3,(H,42,45)(H,43,47)(H,48,49)/b9-6-/t20-,21-,22-,23-,29+,31+,38-/m1/s1. The first-order valence-electron chi connectivity index (χ1n) is 19.1. The number of amides is 4. The molecule has 5 aliphatic rings. The van der Waals surface area contributed by atoms with Crippen LogP contribution < -0.4 is 29.6 Å². The van der Waals surface area contributed by atoms with E-state index >= 15 is 4.39 Å². The number of nitrogens with zero attached hydrogens (tertiary/aromatic N) is 2. The molecule has 4 amide bonds. The van der Waals surface area contributed by atoms with Crippen molar-refractivity contribution >= 4 is 44.6 Å². The van der Waals surface area contributed by atoms with Gasteiger partial charge in [-0.05, 0) is 80.7 Å². The summed E-state index contributed by atoms with van der Waals surface area (Å²) in [6.45, 7) is 4.16. The predicted molar refractivity (Wildman–Crippen MR) is 197 cm³/mol. The molecule has 0 unspecified atom stereocenters. The zero-order chi connectivity index (χ0) is 39.2. The Balaban J connectivity index is 1.25. The molecular formula is C38H48FN5O10S. The lowest BCUT2D eigenvalue weighted by molar-refractivity contribution is -0.142. The van der Waals surface area contributed by atoms with Gasteiger partial charge in [-0.3, -0.25) is 19.1 Å². The molecule has 0 radical (unpaired) electrons. The fourth-order valence-electron chi connectivity index (χ4n) is 8.35. The number of hydrogen-bond acceptors (Lipinski definition) is 10. The second kappa shape index (κ2) is 15.1. The summed E-state index contributed by atoms with van der Waals surface area (Å²) in [6, 6.07) is 0.371. The molecule has 55 heavy (non-hydrogen) atoms. The summed E-state index contributed by atoms with van der Waals surface area (Å²) in [4.78, 5) is 60.8. The molecule has 1 saturated heterocycles. The lowest BCUT2D eigenvalue weighted by Gasteiger charge is -2.33. The van der Waals surface area contributed by atoms with Crippen molar-refractivity contribution in [2.45, 2.75) is 107 Å². The van der Waals surface area contributed by atoms with Crippen molar-refractivity contribution in [2.75, 3.05) is 20.3 Å². The number of benzene rings is 1. The van der Waals surface area contributed by atoms with Gasteiger partial charge in [-0.25, -0.2) is 17.6 Å². The Bertz CT molecular complexity index is 2030. The highest BCUT2D eigenvalue weighted by Crippen LogP contribution is 2.46. The number of carbonyl (C=O) groups excluding carboxylic acids is 3. The molecule has 15 nitrogen and oxygen atoms in total. The number of nitrogens with one attached hydrogen (secondary N) is 3. The Hall–Kier alpha value is -4.67.